The number of carbonyl (C=O) groups excluding carboxylic acids is 1. The van der Waals surface area contributed by atoms with Crippen molar-refractivity contribution in [2.45, 2.75) is 26.2 Å². The molecular formula is C20H21N5O2S. The Hall–Kier alpha value is -3.26. The molecule has 0 radical (unpaired) electrons. The molecular weight excluding hydrogens is 374 g/mol. The molecule has 0 spiro atoms. The first-order chi connectivity index (χ1) is 13.7. The molecule has 1 amide bonds. The second-order valence-corrected chi connectivity index (χ2v) is 6.56. The minimum atomic E-state index is -0.309. The minimum absolute atomic E-state index is 0.303. The largest absolute Gasteiger partial charge is 0.423 e. The van der Waals surface area contributed by atoms with Gasteiger partial charge in [-0.05, 0) is 67.0 Å². The molecule has 3 rings (SSSR count). The maximum atomic E-state index is 12.2. The molecule has 144 valence electrons. The van der Waals surface area contributed by atoms with Crippen molar-refractivity contribution >= 4 is 28.9 Å². The van der Waals surface area contributed by atoms with E-state index in [0.717, 1.165) is 17.7 Å². The average Bonchev–Trinajstić information content (AvgIpc) is 3.26. The van der Waals surface area contributed by atoms with Crippen LogP contribution in [0.5, 0.6) is 0 Å². The Bertz CT molecular complexity index is 909. The van der Waals surface area contributed by atoms with Gasteiger partial charge in [-0.1, -0.05) is 25.5 Å². The van der Waals surface area contributed by atoms with Crippen LogP contribution in [0.4, 0.5) is 5.69 Å². The first-order valence-electron chi connectivity index (χ1n) is 8.98. The lowest BCUT2D eigenvalue weighted by molar-refractivity contribution is 0.0944. The summed E-state index contributed by atoms with van der Waals surface area (Å²) >= 11 is 5.22. The Kier molecular flexibility index (Phi) is 6.69. The Morgan fingerprint density at radius 3 is 2.46 bits per heavy atom. The third kappa shape index (κ3) is 5.37. The number of anilines is 1. The molecule has 28 heavy (non-hydrogen) atoms. The van der Waals surface area contributed by atoms with Gasteiger partial charge in [0, 0.05) is 16.8 Å². The highest BCUT2D eigenvalue weighted by atomic mass is 32.1. The normalized spacial score (nSPS) is 10.3. The van der Waals surface area contributed by atoms with Crippen molar-refractivity contribution in [2.75, 3.05) is 5.32 Å². The Balaban J connectivity index is 1.48. The van der Waals surface area contributed by atoms with Crippen molar-refractivity contribution in [3.63, 3.8) is 0 Å². The number of hydrogen-bond donors (Lipinski definition) is 3. The van der Waals surface area contributed by atoms with Gasteiger partial charge in [-0.3, -0.25) is 15.6 Å². The van der Waals surface area contributed by atoms with Crippen LogP contribution in [0.25, 0.3) is 11.5 Å². The standard InChI is InChI=1S/C20H21N5O2S/c1-2-3-4-14-5-11-17(12-6-14)22-20(28)25-23-18(26)15-7-9-16(10-8-15)19-24-21-13-27-19/h5-13H,2-4H2,1H3,(H,23,26)(H2,22,25,28). The van der Waals surface area contributed by atoms with E-state index in [4.69, 9.17) is 16.6 Å². The molecule has 0 saturated heterocycles. The number of carbonyl (C=O) groups is 1. The van der Waals surface area contributed by atoms with Gasteiger partial charge in [0.05, 0.1) is 0 Å². The number of aromatic nitrogens is 2. The summed E-state index contributed by atoms with van der Waals surface area (Å²) in [6, 6.07) is 14.9. The molecule has 0 fully saturated rings. The third-order valence-corrected chi connectivity index (χ3v) is 4.28. The van der Waals surface area contributed by atoms with Crippen molar-refractivity contribution in [1.82, 2.24) is 21.0 Å². The summed E-state index contributed by atoms with van der Waals surface area (Å²) in [7, 11) is 0. The van der Waals surface area contributed by atoms with Crippen LogP contribution in [-0.2, 0) is 6.42 Å². The third-order valence-electron chi connectivity index (χ3n) is 4.07. The summed E-state index contributed by atoms with van der Waals surface area (Å²) in [5.41, 5.74) is 8.63. The molecule has 1 aromatic heterocycles. The van der Waals surface area contributed by atoms with Gasteiger partial charge >= 0.3 is 0 Å². The highest BCUT2D eigenvalue weighted by Gasteiger charge is 2.08. The fourth-order valence-electron chi connectivity index (χ4n) is 2.55. The number of benzene rings is 2. The second kappa shape index (κ2) is 9.61. The van der Waals surface area contributed by atoms with Gasteiger partial charge in [0.2, 0.25) is 12.3 Å². The number of nitrogens with zero attached hydrogens (tertiary/aromatic N) is 2. The van der Waals surface area contributed by atoms with Crippen LogP contribution in [0.15, 0.2) is 59.3 Å². The molecule has 2 aromatic carbocycles. The van der Waals surface area contributed by atoms with Gasteiger partial charge in [-0.2, -0.15) is 0 Å². The Labute approximate surface area is 168 Å². The summed E-state index contributed by atoms with van der Waals surface area (Å²) in [5.74, 6) is 0.0901. The number of unbranched alkanes of at least 4 members (excludes halogenated alkanes) is 1. The monoisotopic (exact) mass is 395 g/mol. The first kappa shape index (κ1) is 19.5. The molecule has 0 aliphatic carbocycles. The Morgan fingerprint density at radius 2 is 1.82 bits per heavy atom. The first-order valence-corrected chi connectivity index (χ1v) is 9.39. The predicted molar refractivity (Wildman–Crippen MR) is 112 cm³/mol. The maximum absolute atomic E-state index is 12.2. The lowest BCUT2D eigenvalue weighted by Gasteiger charge is -2.12. The molecule has 0 unspecified atom stereocenters. The van der Waals surface area contributed by atoms with Gasteiger partial charge in [0.1, 0.15) is 0 Å². The summed E-state index contributed by atoms with van der Waals surface area (Å²) in [6.45, 7) is 2.18. The van der Waals surface area contributed by atoms with Gasteiger partial charge in [-0.25, -0.2) is 0 Å². The number of hydrogen-bond acceptors (Lipinski definition) is 5. The number of rotatable bonds is 6. The SMILES string of the molecule is CCCCc1ccc(NC(=S)NNC(=O)c2ccc(-c3nnco3)cc2)cc1. The molecule has 0 atom stereocenters. The van der Waals surface area contributed by atoms with E-state index in [1.807, 2.05) is 12.1 Å². The zero-order valence-electron chi connectivity index (χ0n) is 15.4. The summed E-state index contributed by atoms with van der Waals surface area (Å²) in [6.07, 6.45) is 4.68. The van der Waals surface area contributed by atoms with Crippen LogP contribution in [0.2, 0.25) is 0 Å². The molecule has 8 heteroatoms. The summed E-state index contributed by atoms with van der Waals surface area (Å²) in [4.78, 5) is 12.2. The van der Waals surface area contributed by atoms with Crippen LogP contribution in [0, 0.1) is 0 Å². The van der Waals surface area contributed by atoms with E-state index in [2.05, 4.69) is 45.4 Å². The van der Waals surface area contributed by atoms with Crippen molar-refractivity contribution in [3.8, 4) is 11.5 Å². The summed E-state index contributed by atoms with van der Waals surface area (Å²) < 4.78 is 5.12. The number of aryl methyl sites for hydroxylation is 1. The van der Waals surface area contributed by atoms with Gasteiger partial charge in [0.15, 0.2) is 5.11 Å². The van der Waals surface area contributed by atoms with Crippen LogP contribution in [-0.4, -0.2) is 21.2 Å². The van der Waals surface area contributed by atoms with Gasteiger partial charge in [-0.15, -0.1) is 10.2 Å². The van der Waals surface area contributed by atoms with E-state index in [9.17, 15) is 4.79 Å². The number of amides is 1. The number of nitrogens with one attached hydrogen (secondary N) is 3. The molecule has 0 aliphatic rings. The minimum Gasteiger partial charge on any atom is -0.423 e. The molecule has 7 nitrogen and oxygen atoms in total. The second-order valence-electron chi connectivity index (χ2n) is 6.15. The fourth-order valence-corrected chi connectivity index (χ4v) is 2.72. The molecule has 1 heterocycles. The van der Waals surface area contributed by atoms with Gasteiger partial charge < -0.3 is 9.73 Å². The Morgan fingerprint density at radius 1 is 1.07 bits per heavy atom. The predicted octanol–water partition coefficient (Wildman–Crippen LogP) is 3.71. The maximum Gasteiger partial charge on any atom is 0.269 e. The molecule has 0 bridgehead atoms. The number of hydrazine groups is 1. The van der Waals surface area contributed by atoms with E-state index in [-0.39, 0.29) is 5.91 Å². The zero-order valence-corrected chi connectivity index (χ0v) is 16.3. The molecule has 3 N–H and O–H groups in total. The molecule has 0 aliphatic heterocycles. The quantitative estimate of drug-likeness (QED) is 0.433. The highest BCUT2D eigenvalue weighted by Crippen LogP contribution is 2.16. The molecule has 0 saturated carbocycles. The lowest BCUT2D eigenvalue weighted by Crippen LogP contribution is -2.43. The summed E-state index contributed by atoms with van der Waals surface area (Å²) in [5, 5.41) is 10.8. The van der Waals surface area contributed by atoms with Gasteiger partial charge in [0.25, 0.3) is 5.91 Å². The van der Waals surface area contributed by atoms with E-state index in [1.165, 1.54) is 24.8 Å². The zero-order chi connectivity index (χ0) is 19.8. The average molecular weight is 395 g/mol. The van der Waals surface area contributed by atoms with E-state index in [0.29, 0.717) is 16.6 Å². The highest BCUT2D eigenvalue weighted by molar-refractivity contribution is 7.80. The number of thiocarbonyl (C=S) groups is 1. The van der Waals surface area contributed by atoms with E-state index < -0.39 is 0 Å². The van der Waals surface area contributed by atoms with E-state index in [1.54, 1.807) is 24.3 Å². The van der Waals surface area contributed by atoms with E-state index >= 15 is 0 Å². The lowest BCUT2D eigenvalue weighted by atomic mass is 10.1. The van der Waals surface area contributed by atoms with Crippen LogP contribution < -0.4 is 16.2 Å². The van der Waals surface area contributed by atoms with Crippen molar-refractivity contribution in [3.05, 3.63) is 66.1 Å². The molecule has 3 aromatic rings. The van der Waals surface area contributed by atoms with Crippen LogP contribution >= 0.6 is 12.2 Å². The van der Waals surface area contributed by atoms with Crippen molar-refractivity contribution in [1.29, 1.82) is 0 Å². The topological polar surface area (TPSA) is 92.1 Å². The van der Waals surface area contributed by atoms with Crippen molar-refractivity contribution < 1.29 is 9.21 Å². The smallest absolute Gasteiger partial charge is 0.269 e. The van der Waals surface area contributed by atoms with Crippen LogP contribution in [0.1, 0.15) is 35.7 Å². The fraction of sp³-hybridized carbons (Fsp3) is 0.200. The van der Waals surface area contributed by atoms with Crippen molar-refractivity contribution in [2.24, 2.45) is 0 Å². The van der Waals surface area contributed by atoms with Crippen LogP contribution in [0.3, 0.4) is 0 Å².